The summed E-state index contributed by atoms with van der Waals surface area (Å²) in [6, 6.07) is 11.6. The van der Waals surface area contributed by atoms with E-state index < -0.39 is 10.0 Å². The molecule has 108 valence electrons. The average molecular weight is 304 g/mol. The Hall–Kier alpha value is -2.72. The van der Waals surface area contributed by atoms with Gasteiger partial charge in [0.2, 0.25) is 0 Å². The van der Waals surface area contributed by atoms with E-state index in [1.54, 1.807) is 0 Å². The van der Waals surface area contributed by atoms with E-state index in [0.29, 0.717) is 11.3 Å². The fourth-order valence-electron chi connectivity index (χ4n) is 1.64. The van der Waals surface area contributed by atoms with E-state index in [0.717, 1.165) is 0 Å². The van der Waals surface area contributed by atoms with Crippen LogP contribution in [0.2, 0.25) is 0 Å². The Morgan fingerprint density at radius 2 is 1.86 bits per heavy atom. The van der Waals surface area contributed by atoms with Gasteiger partial charge in [0.15, 0.2) is 0 Å². The van der Waals surface area contributed by atoms with E-state index in [2.05, 4.69) is 4.72 Å². The molecular weight excluding hydrogens is 292 g/mol. The van der Waals surface area contributed by atoms with Crippen LogP contribution in [0.4, 0.5) is 5.69 Å². The molecule has 6 nitrogen and oxygen atoms in total. The van der Waals surface area contributed by atoms with Crippen molar-refractivity contribution in [2.24, 2.45) is 0 Å². The number of hydrogen-bond acceptors (Lipinski definition) is 5. The van der Waals surface area contributed by atoms with Crippen molar-refractivity contribution in [3.8, 4) is 17.6 Å². The maximum absolute atomic E-state index is 12.2. The SMILES string of the molecule is COc1ccc(NS(=O)(=O)c2ccc(C#N)cc2)c(O)c1. The zero-order valence-corrected chi connectivity index (χ0v) is 11.9. The molecule has 0 saturated heterocycles. The van der Waals surface area contributed by atoms with Crippen molar-refractivity contribution in [3.63, 3.8) is 0 Å². The molecule has 0 unspecified atom stereocenters. The molecule has 0 radical (unpaired) electrons. The van der Waals surface area contributed by atoms with Crippen molar-refractivity contribution < 1.29 is 18.3 Å². The highest BCUT2D eigenvalue weighted by Gasteiger charge is 2.16. The van der Waals surface area contributed by atoms with Gasteiger partial charge in [-0.05, 0) is 36.4 Å². The summed E-state index contributed by atoms with van der Waals surface area (Å²) in [5.41, 5.74) is 0.404. The van der Waals surface area contributed by atoms with Crippen LogP contribution in [0.5, 0.6) is 11.5 Å². The number of nitrogens with zero attached hydrogens (tertiary/aromatic N) is 1. The summed E-state index contributed by atoms with van der Waals surface area (Å²) in [5.74, 6) is 0.167. The highest BCUT2D eigenvalue weighted by molar-refractivity contribution is 7.92. The quantitative estimate of drug-likeness (QED) is 0.842. The number of nitriles is 1. The first-order valence-electron chi connectivity index (χ1n) is 5.86. The summed E-state index contributed by atoms with van der Waals surface area (Å²) in [7, 11) is -2.40. The number of aromatic hydroxyl groups is 1. The first kappa shape index (κ1) is 14.7. The fraction of sp³-hybridized carbons (Fsp3) is 0.0714. The third-order valence-corrected chi connectivity index (χ3v) is 4.12. The van der Waals surface area contributed by atoms with Crippen LogP contribution < -0.4 is 9.46 Å². The number of ether oxygens (including phenoxy) is 1. The lowest BCUT2D eigenvalue weighted by Crippen LogP contribution is -2.13. The molecule has 0 atom stereocenters. The monoisotopic (exact) mass is 304 g/mol. The second-order valence-corrected chi connectivity index (χ2v) is 5.81. The number of nitrogens with one attached hydrogen (secondary N) is 1. The highest BCUT2D eigenvalue weighted by Crippen LogP contribution is 2.29. The van der Waals surface area contributed by atoms with Crippen molar-refractivity contribution >= 4 is 15.7 Å². The smallest absolute Gasteiger partial charge is 0.262 e. The predicted molar refractivity (Wildman–Crippen MR) is 76.6 cm³/mol. The summed E-state index contributed by atoms with van der Waals surface area (Å²) in [5, 5.41) is 18.5. The lowest BCUT2D eigenvalue weighted by molar-refractivity contribution is 0.408. The Labute approximate surface area is 122 Å². The van der Waals surface area contributed by atoms with E-state index in [-0.39, 0.29) is 16.3 Å². The number of methoxy groups -OCH3 is 1. The number of sulfonamides is 1. The number of phenols is 1. The molecule has 0 aromatic heterocycles. The van der Waals surface area contributed by atoms with Gasteiger partial charge in [-0.1, -0.05) is 0 Å². The zero-order chi connectivity index (χ0) is 15.5. The molecule has 2 aromatic carbocycles. The Balaban J connectivity index is 2.30. The average Bonchev–Trinajstić information content (AvgIpc) is 2.49. The normalized spacial score (nSPS) is 10.7. The van der Waals surface area contributed by atoms with Gasteiger partial charge < -0.3 is 9.84 Å². The highest BCUT2D eigenvalue weighted by atomic mass is 32.2. The van der Waals surface area contributed by atoms with Crippen LogP contribution >= 0.6 is 0 Å². The zero-order valence-electron chi connectivity index (χ0n) is 11.1. The lowest BCUT2D eigenvalue weighted by atomic mass is 10.2. The Morgan fingerprint density at radius 3 is 2.38 bits per heavy atom. The van der Waals surface area contributed by atoms with Crippen LogP contribution in [0.1, 0.15) is 5.56 Å². The molecular formula is C14H12N2O4S. The van der Waals surface area contributed by atoms with E-state index in [1.807, 2.05) is 6.07 Å². The van der Waals surface area contributed by atoms with Crippen LogP contribution in [-0.2, 0) is 10.0 Å². The van der Waals surface area contributed by atoms with E-state index in [9.17, 15) is 13.5 Å². The van der Waals surface area contributed by atoms with Gasteiger partial charge in [0, 0.05) is 6.07 Å². The molecule has 0 bridgehead atoms. The maximum atomic E-state index is 12.2. The van der Waals surface area contributed by atoms with Crippen molar-refractivity contribution in [2.75, 3.05) is 11.8 Å². The summed E-state index contributed by atoms with van der Waals surface area (Å²) in [6.45, 7) is 0. The topological polar surface area (TPSA) is 99.4 Å². The standard InChI is InChI=1S/C14H12N2O4S/c1-20-11-4-7-13(14(17)8-11)16-21(18,19)12-5-2-10(9-15)3-6-12/h2-8,16-17H,1H3. The van der Waals surface area contributed by atoms with Crippen molar-refractivity contribution in [3.05, 3.63) is 48.0 Å². The second-order valence-electron chi connectivity index (χ2n) is 4.12. The molecule has 7 heteroatoms. The minimum atomic E-state index is -3.84. The molecule has 0 aliphatic carbocycles. The summed E-state index contributed by atoms with van der Waals surface area (Å²) >= 11 is 0. The lowest BCUT2D eigenvalue weighted by Gasteiger charge is -2.10. The molecule has 2 rings (SSSR count). The van der Waals surface area contributed by atoms with Crippen molar-refractivity contribution in [1.82, 2.24) is 0 Å². The van der Waals surface area contributed by atoms with Gasteiger partial charge >= 0.3 is 0 Å². The van der Waals surface area contributed by atoms with Crippen LogP contribution in [0.3, 0.4) is 0 Å². The molecule has 2 N–H and O–H groups in total. The molecule has 0 amide bonds. The molecule has 21 heavy (non-hydrogen) atoms. The molecule has 0 aliphatic heterocycles. The van der Waals surface area contributed by atoms with Crippen molar-refractivity contribution in [2.45, 2.75) is 4.90 Å². The Morgan fingerprint density at radius 1 is 1.19 bits per heavy atom. The van der Waals surface area contributed by atoms with Gasteiger partial charge in [-0.3, -0.25) is 4.72 Å². The van der Waals surface area contributed by atoms with Gasteiger partial charge in [0.05, 0.1) is 29.3 Å². The van der Waals surface area contributed by atoms with E-state index in [4.69, 9.17) is 10.00 Å². The van der Waals surface area contributed by atoms with Crippen LogP contribution in [0.25, 0.3) is 0 Å². The van der Waals surface area contributed by atoms with E-state index >= 15 is 0 Å². The number of anilines is 1. The molecule has 0 fully saturated rings. The molecule has 0 heterocycles. The Bertz CT molecular complexity index is 793. The third-order valence-electron chi connectivity index (χ3n) is 2.74. The Kier molecular flexibility index (Phi) is 4.00. The number of phenolic OH excluding ortho intramolecular Hbond substituents is 1. The summed E-state index contributed by atoms with van der Waals surface area (Å²) in [6.07, 6.45) is 0. The van der Waals surface area contributed by atoms with Crippen LogP contribution in [-0.4, -0.2) is 20.6 Å². The number of rotatable bonds is 4. The van der Waals surface area contributed by atoms with Gasteiger partial charge in [-0.25, -0.2) is 8.42 Å². The summed E-state index contributed by atoms with van der Waals surface area (Å²) in [4.78, 5) is -0.00304. The first-order valence-corrected chi connectivity index (χ1v) is 7.34. The van der Waals surface area contributed by atoms with Crippen molar-refractivity contribution in [1.29, 1.82) is 5.26 Å². The molecule has 0 aliphatic rings. The van der Waals surface area contributed by atoms with Gasteiger partial charge in [0.25, 0.3) is 10.0 Å². The molecule has 2 aromatic rings. The fourth-order valence-corrected chi connectivity index (χ4v) is 2.71. The number of hydrogen-bond donors (Lipinski definition) is 2. The van der Waals surface area contributed by atoms with Gasteiger partial charge in [-0.15, -0.1) is 0 Å². The van der Waals surface area contributed by atoms with Crippen LogP contribution in [0, 0.1) is 11.3 Å². The number of benzene rings is 2. The van der Waals surface area contributed by atoms with Crippen LogP contribution in [0.15, 0.2) is 47.4 Å². The molecule has 0 saturated carbocycles. The second kappa shape index (κ2) is 5.73. The van der Waals surface area contributed by atoms with Gasteiger partial charge in [-0.2, -0.15) is 5.26 Å². The summed E-state index contributed by atoms with van der Waals surface area (Å²) < 4.78 is 31.5. The third kappa shape index (κ3) is 3.24. The van der Waals surface area contributed by atoms with Gasteiger partial charge in [0.1, 0.15) is 11.5 Å². The predicted octanol–water partition coefficient (Wildman–Crippen LogP) is 2.07. The maximum Gasteiger partial charge on any atom is 0.262 e. The minimum absolute atomic E-state index is 0.00304. The molecule has 0 spiro atoms. The van der Waals surface area contributed by atoms with E-state index in [1.165, 1.54) is 49.6 Å². The first-order chi connectivity index (χ1) is 9.96. The largest absolute Gasteiger partial charge is 0.506 e. The minimum Gasteiger partial charge on any atom is -0.506 e.